The highest BCUT2D eigenvalue weighted by atomic mass is 35.5. The summed E-state index contributed by atoms with van der Waals surface area (Å²) < 4.78 is 5.04. The minimum atomic E-state index is -0.927. The minimum Gasteiger partial charge on any atom is -0.464 e. The number of Topliss-reactive ketones (excluding diaryl/α,β-unsaturated/α-hetero) is 1. The number of nitrogens with zero attached hydrogens (tertiary/aromatic N) is 1. The number of amides is 1. The van der Waals surface area contributed by atoms with E-state index in [1.165, 1.54) is 11.8 Å². The third-order valence-electron chi connectivity index (χ3n) is 3.81. The Morgan fingerprint density at radius 1 is 1.41 bits per heavy atom. The van der Waals surface area contributed by atoms with Crippen molar-refractivity contribution in [3.05, 3.63) is 28.8 Å². The number of anilines is 1. The van der Waals surface area contributed by atoms with E-state index in [9.17, 15) is 14.4 Å². The van der Waals surface area contributed by atoms with Crippen LogP contribution in [0.25, 0.3) is 0 Å². The van der Waals surface area contributed by atoms with E-state index in [0.717, 1.165) is 5.56 Å². The second-order valence-electron chi connectivity index (χ2n) is 5.32. The van der Waals surface area contributed by atoms with Gasteiger partial charge < -0.3 is 4.74 Å². The van der Waals surface area contributed by atoms with Crippen molar-refractivity contribution in [2.45, 2.75) is 33.2 Å². The van der Waals surface area contributed by atoms with E-state index in [1.807, 2.05) is 6.92 Å². The number of halogens is 1. The SMILES string of the molecule is CCOC(=O)C1C(C(C)=O)CC(=O)N1c1ccc(C)c(Cl)c1. The van der Waals surface area contributed by atoms with Gasteiger partial charge in [-0.05, 0) is 38.5 Å². The van der Waals surface area contributed by atoms with Crippen LogP contribution < -0.4 is 4.90 Å². The molecule has 6 heteroatoms. The molecule has 1 aliphatic rings. The van der Waals surface area contributed by atoms with Gasteiger partial charge in [0.1, 0.15) is 11.8 Å². The molecule has 2 atom stereocenters. The fraction of sp³-hybridized carbons (Fsp3) is 0.438. The number of benzene rings is 1. The van der Waals surface area contributed by atoms with Gasteiger partial charge >= 0.3 is 5.97 Å². The van der Waals surface area contributed by atoms with Gasteiger partial charge in [-0.15, -0.1) is 0 Å². The average molecular weight is 324 g/mol. The van der Waals surface area contributed by atoms with Gasteiger partial charge in [-0.3, -0.25) is 14.5 Å². The average Bonchev–Trinajstić information content (AvgIpc) is 2.80. The Kier molecular flexibility index (Phi) is 4.86. The molecule has 0 radical (unpaired) electrons. The molecule has 2 unspecified atom stereocenters. The predicted octanol–water partition coefficient (Wildman–Crippen LogP) is 2.52. The number of ether oxygens (including phenoxy) is 1. The molecule has 0 aliphatic carbocycles. The zero-order chi connectivity index (χ0) is 16.4. The highest BCUT2D eigenvalue weighted by Gasteiger charge is 2.48. The van der Waals surface area contributed by atoms with E-state index >= 15 is 0 Å². The first-order valence-corrected chi connectivity index (χ1v) is 7.50. The summed E-state index contributed by atoms with van der Waals surface area (Å²) in [5.41, 5.74) is 1.37. The molecule has 0 saturated carbocycles. The largest absolute Gasteiger partial charge is 0.464 e. The van der Waals surface area contributed by atoms with Gasteiger partial charge in [-0.25, -0.2) is 4.79 Å². The zero-order valence-electron chi connectivity index (χ0n) is 12.8. The highest BCUT2D eigenvalue weighted by molar-refractivity contribution is 6.31. The first kappa shape index (κ1) is 16.5. The molecule has 1 amide bonds. The van der Waals surface area contributed by atoms with Crippen LogP contribution in [0.4, 0.5) is 5.69 Å². The molecule has 1 heterocycles. The Labute approximate surface area is 134 Å². The molecular weight excluding hydrogens is 306 g/mol. The van der Waals surface area contributed by atoms with Crippen molar-refractivity contribution in [1.82, 2.24) is 0 Å². The molecule has 22 heavy (non-hydrogen) atoms. The monoisotopic (exact) mass is 323 g/mol. The smallest absolute Gasteiger partial charge is 0.330 e. The number of aryl methyl sites for hydroxylation is 1. The van der Waals surface area contributed by atoms with E-state index in [2.05, 4.69) is 0 Å². The number of esters is 1. The zero-order valence-corrected chi connectivity index (χ0v) is 13.5. The number of carbonyl (C=O) groups excluding carboxylic acids is 3. The second-order valence-corrected chi connectivity index (χ2v) is 5.72. The van der Waals surface area contributed by atoms with Crippen LogP contribution in [0.15, 0.2) is 18.2 Å². The molecule has 5 nitrogen and oxygen atoms in total. The maximum absolute atomic E-state index is 12.3. The summed E-state index contributed by atoms with van der Waals surface area (Å²) in [6.07, 6.45) is 0.00428. The van der Waals surface area contributed by atoms with Gasteiger partial charge in [0, 0.05) is 17.1 Å². The molecular formula is C16H18ClNO4. The van der Waals surface area contributed by atoms with Crippen LogP contribution in [-0.2, 0) is 19.1 Å². The Morgan fingerprint density at radius 3 is 2.64 bits per heavy atom. The molecule has 1 aromatic rings. The number of carbonyl (C=O) groups is 3. The topological polar surface area (TPSA) is 63.7 Å². The van der Waals surface area contributed by atoms with Gasteiger partial charge in [0.25, 0.3) is 0 Å². The predicted molar refractivity (Wildman–Crippen MR) is 82.9 cm³/mol. The van der Waals surface area contributed by atoms with Crippen LogP contribution in [0.1, 0.15) is 25.8 Å². The maximum atomic E-state index is 12.3. The summed E-state index contributed by atoms with van der Waals surface area (Å²) in [7, 11) is 0. The minimum absolute atomic E-state index is 0.00428. The summed E-state index contributed by atoms with van der Waals surface area (Å²) in [5, 5.41) is 0.499. The van der Waals surface area contributed by atoms with Crippen LogP contribution >= 0.6 is 11.6 Å². The maximum Gasteiger partial charge on any atom is 0.330 e. The molecule has 0 N–H and O–H groups in total. The molecule has 0 aromatic heterocycles. The lowest BCUT2D eigenvalue weighted by atomic mass is 9.96. The van der Waals surface area contributed by atoms with Gasteiger partial charge in [-0.2, -0.15) is 0 Å². The van der Waals surface area contributed by atoms with Crippen LogP contribution in [-0.4, -0.2) is 30.3 Å². The molecule has 118 valence electrons. The van der Waals surface area contributed by atoms with Gasteiger partial charge in [-0.1, -0.05) is 17.7 Å². The Balaban J connectivity index is 2.45. The van der Waals surface area contributed by atoms with Crippen LogP contribution in [0.2, 0.25) is 5.02 Å². The van der Waals surface area contributed by atoms with E-state index in [0.29, 0.717) is 10.7 Å². The van der Waals surface area contributed by atoms with E-state index in [-0.39, 0.29) is 24.7 Å². The van der Waals surface area contributed by atoms with E-state index in [1.54, 1.807) is 25.1 Å². The van der Waals surface area contributed by atoms with Crippen molar-refractivity contribution in [2.75, 3.05) is 11.5 Å². The molecule has 0 bridgehead atoms. The second kappa shape index (κ2) is 6.48. The number of rotatable bonds is 4. The Hall–Kier alpha value is -1.88. The van der Waals surface area contributed by atoms with Crippen molar-refractivity contribution >= 4 is 34.9 Å². The first-order valence-electron chi connectivity index (χ1n) is 7.12. The lowest BCUT2D eigenvalue weighted by Gasteiger charge is -2.26. The number of ketones is 1. The standard InChI is InChI=1S/C16H18ClNO4/c1-4-22-16(21)15-12(10(3)19)8-14(20)18(15)11-6-5-9(2)13(17)7-11/h5-7,12,15H,4,8H2,1-3H3. The van der Waals surface area contributed by atoms with Crippen molar-refractivity contribution in [3.8, 4) is 0 Å². The van der Waals surface area contributed by atoms with Crippen LogP contribution in [0, 0.1) is 12.8 Å². The van der Waals surface area contributed by atoms with Crippen molar-refractivity contribution in [1.29, 1.82) is 0 Å². The van der Waals surface area contributed by atoms with Gasteiger partial charge in [0.05, 0.1) is 12.5 Å². The summed E-state index contributed by atoms with van der Waals surface area (Å²) in [4.78, 5) is 37.7. The summed E-state index contributed by atoms with van der Waals surface area (Å²) >= 11 is 6.11. The number of hydrogen-bond acceptors (Lipinski definition) is 4. The quantitative estimate of drug-likeness (QED) is 0.799. The molecule has 2 rings (SSSR count). The van der Waals surface area contributed by atoms with E-state index < -0.39 is 17.9 Å². The van der Waals surface area contributed by atoms with Crippen molar-refractivity contribution in [2.24, 2.45) is 5.92 Å². The lowest BCUT2D eigenvalue weighted by Crippen LogP contribution is -2.44. The van der Waals surface area contributed by atoms with Crippen molar-refractivity contribution in [3.63, 3.8) is 0 Å². The molecule has 1 aromatic carbocycles. The normalized spacial score (nSPS) is 21.1. The fourth-order valence-electron chi connectivity index (χ4n) is 2.63. The van der Waals surface area contributed by atoms with Gasteiger partial charge in [0.2, 0.25) is 5.91 Å². The molecule has 1 aliphatic heterocycles. The van der Waals surface area contributed by atoms with Crippen molar-refractivity contribution < 1.29 is 19.1 Å². The lowest BCUT2D eigenvalue weighted by molar-refractivity contribution is -0.147. The summed E-state index contributed by atoms with van der Waals surface area (Å²) in [5.74, 6) is -1.73. The van der Waals surface area contributed by atoms with E-state index in [4.69, 9.17) is 16.3 Å². The fourth-order valence-corrected chi connectivity index (χ4v) is 2.81. The first-order chi connectivity index (χ1) is 10.4. The molecule has 0 spiro atoms. The molecule has 1 saturated heterocycles. The summed E-state index contributed by atoms with van der Waals surface area (Å²) in [6, 6.07) is 4.19. The molecule has 1 fully saturated rings. The third kappa shape index (κ3) is 2.99. The Bertz CT molecular complexity index is 629. The Morgan fingerprint density at radius 2 is 2.09 bits per heavy atom. The third-order valence-corrected chi connectivity index (χ3v) is 4.21. The van der Waals surface area contributed by atoms with Crippen LogP contribution in [0.5, 0.6) is 0 Å². The summed E-state index contributed by atoms with van der Waals surface area (Å²) in [6.45, 7) is 5.11. The number of hydrogen-bond donors (Lipinski definition) is 0. The van der Waals surface area contributed by atoms with Gasteiger partial charge in [0.15, 0.2) is 0 Å². The highest BCUT2D eigenvalue weighted by Crippen LogP contribution is 2.34. The van der Waals surface area contributed by atoms with Crippen LogP contribution in [0.3, 0.4) is 0 Å².